The minimum atomic E-state index is 0.260. The molecule has 0 aliphatic carbocycles. The monoisotopic (exact) mass is 350 g/mol. The van der Waals surface area contributed by atoms with E-state index in [-0.39, 0.29) is 5.41 Å². The molecule has 1 atom stereocenters. The van der Waals surface area contributed by atoms with Gasteiger partial charge in [-0.1, -0.05) is 87.2 Å². The summed E-state index contributed by atoms with van der Waals surface area (Å²) in [5.41, 5.74) is 0.260. The highest BCUT2D eigenvalue weighted by atomic mass is 32.2. The third kappa shape index (κ3) is 20.1. The lowest BCUT2D eigenvalue weighted by Crippen LogP contribution is -2.44. The molecule has 4 heteroatoms. The summed E-state index contributed by atoms with van der Waals surface area (Å²) in [6, 6.07) is 0.464. The van der Waals surface area contributed by atoms with Crippen LogP contribution in [0.2, 0.25) is 0 Å². The molecule has 0 aliphatic heterocycles. The normalized spacial score (nSPS) is 10.9. The Morgan fingerprint density at radius 1 is 1.14 bits per heavy atom. The SMILES string of the molecule is C=CSC(=C)SN(C)CC(NC)C(C)(C)C.CC.CC.CC. The average Bonchev–Trinajstić information content (AvgIpc) is 2.50. The zero-order valence-corrected chi connectivity index (χ0v) is 18.7. The summed E-state index contributed by atoms with van der Waals surface area (Å²) in [6.07, 6.45) is 0. The molecule has 22 heavy (non-hydrogen) atoms. The van der Waals surface area contributed by atoms with Crippen LogP contribution >= 0.6 is 23.7 Å². The Kier molecular flexibility index (Phi) is 28.8. The largest absolute Gasteiger partial charge is 0.315 e. The first-order valence-corrected chi connectivity index (χ1v) is 9.99. The number of thioether (sulfide) groups is 1. The molecular formula is C18H42N2S2. The second-order valence-electron chi connectivity index (χ2n) is 4.77. The van der Waals surface area contributed by atoms with Crippen LogP contribution in [-0.4, -0.2) is 31.0 Å². The first-order chi connectivity index (χ1) is 10.3. The smallest absolute Gasteiger partial charge is 0.0528 e. The van der Waals surface area contributed by atoms with Gasteiger partial charge >= 0.3 is 0 Å². The summed E-state index contributed by atoms with van der Waals surface area (Å²) in [4.78, 5) is 0. The zero-order chi connectivity index (χ0) is 18.8. The summed E-state index contributed by atoms with van der Waals surface area (Å²) >= 11 is 3.25. The van der Waals surface area contributed by atoms with E-state index >= 15 is 0 Å². The Balaban J connectivity index is -0.000000238. The van der Waals surface area contributed by atoms with E-state index in [1.165, 1.54) is 0 Å². The fourth-order valence-electron chi connectivity index (χ4n) is 1.38. The highest BCUT2D eigenvalue weighted by molar-refractivity contribution is 8.22. The molecule has 0 aromatic rings. The molecule has 0 aromatic carbocycles. The van der Waals surface area contributed by atoms with Crippen LogP contribution in [0, 0.1) is 5.41 Å². The van der Waals surface area contributed by atoms with Crippen LogP contribution < -0.4 is 5.32 Å². The van der Waals surface area contributed by atoms with Crippen molar-refractivity contribution in [1.82, 2.24) is 9.62 Å². The first kappa shape index (κ1) is 30.0. The Morgan fingerprint density at radius 2 is 1.55 bits per heavy atom. The molecule has 0 heterocycles. The summed E-state index contributed by atoms with van der Waals surface area (Å²) in [7, 11) is 4.11. The van der Waals surface area contributed by atoms with Crippen molar-refractivity contribution in [2.75, 3.05) is 20.6 Å². The maximum atomic E-state index is 3.97. The van der Waals surface area contributed by atoms with Gasteiger partial charge in [0.15, 0.2) is 0 Å². The first-order valence-electron chi connectivity index (χ1n) is 8.34. The van der Waals surface area contributed by atoms with Crippen molar-refractivity contribution in [3.8, 4) is 0 Å². The Hall–Kier alpha value is 0.1000. The molecule has 2 nitrogen and oxygen atoms in total. The van der Waals surface area contributed by atoms with Crippen molar-refractivity contribution >= 4 is 23.7 Å². The minimum Gasteiger partial charge on any atom is -0.315 e. The van der Waals surface area contributed by atoms with E-state index in [2.05, 4.69) is 50.6 Å². The van der Waals surface area contributed by atoms with E-state index < -0.39 is 0 Å². The molecule has 0 amide bonds. The molecule has 0 fully saturated rings. The third-order valence-corrected chi connectivity index (χ3v) is 3.91. The van der Waals surface area contributed by atoms with Gasteiger partial charge in [0.25, 0.3) is 0 Å². The molecule has 0 spiro atoms. The van der Waals surface area contributed by atoms with Gasteiger partial charge in [-0.25, -0.2) is 4.31 Å². The van der Waals surface area contributed by atoms with E-state index in [4.69, 9.17) is 0 Å². The predicted octanol–water partition coefficient (Wildman–Crippen LogP) is 6.63. The summed E-state index contributed by atoms with van der Waals surface area (Å²) in [5, 5.41) is 5.17. The molecule has 0 saturated carbocycles. The van der Waals surface area contributed by atoms with Gasteiger partial charge in [-0.05, 0) is 36.9 Å². The number of likely N-dealkylation sites (N-methyl/N-ethyl adjacent to an activating group) is 2. The Labute approximate surface area is 150 Å². The van der Waals surface area contributed by atoms with Gasteiger partial charge in [0, 0.05) is 12.6 Å². The molecular weight excluding hydrogens is 308 g/mol. The van der Waals surface area contributed by atoms with Gasteiger partial charge in [-0.3, -0.25) is 0 Å². The van der Waals surface area contributed by atoms with E-state index in [9.17, 15) is 0 Å². The second-order valence-corrected chi connectivity index (χ2v) is 7.38. The van der Waals surface area contributed by atoms with Gasteiger partial charge in [-0.15, -0.1) is 0 Å². The lowest BCUT2D eigenvalue weighted by Gasteiger charge is -2.33. The summed E-state index contributed by atoms with van der Waals surface area (Å²) < 4.78 is 3.27. The molecule has 1 N–H and O–H groups in total. The van der Waals surface area contributed by atoms with Gasteiger partial charge < -0.3 is 5.32 Å². The third-order valence-electron chi connectivity index (χ3n) is 2.31. The predicted molar refractivity (Wildman–Crippen MR) is 113 cm³/mol. The van der Waals surface area contributed by atoms with E-state index in [1.54, 1.807) is 23.7 Å². The number of nitrogens with one attached hydrogen (secondary N) is 1. The maximum Gasteiger partial charge on any atom is 0.0528 e. The zero-order valence-electron chi connectivity index (χ0n) is 17.0. The van der Waals surface area contributed by atoms with E-state index in [1.807, 2.05) is 54.0 Å². The molecule has 136 valence electrons. The Bertz CT molecular complexity index is 236. The van der Waals surface area contributed by atoms with E-state index in [0.29, 0.717) is 6.04 Å². The van der Waals surface area contributed by atoms with Gasteiger partial charge in [-0.2, -0.15) is 0 Å². The molecule has 0 aliphatic rings. The minimum absolute atomic E-state index is 0.260. The average molecular weight is 351 g/mol. The van der Waals surface area contributed by atoms with Crippen LogP contribution in [0.4, 0.5) is 0 Å². The van der Waals surface area contributed by atoms with Crippen LogP contribution in [0.15, 0.2) is 22.8 Å². The Morgan fingerprint density at radius 3 is 1.82 bits per heavy atom. The topological polar surface area (TPSA) is 15.3 Å². The van der Waals surface area contributed by atoms with Crippen molar-refractivity contribution in [2.24, 2.45) is 5.41 Å². The fraction of sp³-hybridized carbons (Fsp3) is 0.778. The summed E-state index contributed by atoms with van der Waals surface area (Å²) in [6.45, 7) is 27.4. The van der Waals surface area contributed by atoms with Gasteiger partial charge in [0.2, 0.25) is 0 Å². The lowest BCUT2D eigenvalue weighted by molar-refractivity contribution is 0.252. The van der Waals surface area contributed by atoms with Crippen LogP contribution in [0.25, 0.3) is 0 Å². The maximum absolute atomic E-state index is 3.97. The van der Waals surface area contributed by atoms with Crippen LogP contribution in [0.3, 0.4) is 0 Å². The number of hydrogen-bond acceptors (Lipinski definition) is 4. The van der Waals surface area contributed by atoms with Crippen molar-refractivity contribution in [3.63, 3.8) is 0 Å². The molecule has 0 saturated heterocycles. The van der Waals surface area contributed by atoms with Crippen LogP contribution in [0.1, 0.15) is 62.3 Å². The van der Waals surface area contributed by atoms with E-state index in [0.717, 1.165) is 10.8 Å². The molecule has 0 aromatic heterocycles. The number of nitrogens with zero attached hydrogens (tertiary/aromatic N) is 1. The molecule has 1 unspecified atom stereocenters. The van der Waals surface area contributed by atoms with Gasteiger partial charge in [0.1, 0.15) is 0 Å². The molecule has 0 bridgehead atoms. The number of hydrogen-bond donors (Lipinski definition) is 1. The highest BCUT2D eigenvalue weighted by Crippen LogP contribution is 2.30. The standard InChI is InChI=1S/C12H24N2S2.3C2H6/c1-8-15-10(2)16-14(7)9-11(13-6)12(3,4)5;3*1-2/h8,11,13H,1-2,9H2,3-7H3;3*1-2H3. The molecule has 0 radical (unpaired) electrons. The fourth-order valence-corrected chi connectivity index (χ4v) is 2.90. The lowest BCUT2D eigenvalue weighted by atomic mass is 9.87. The summed E-state index contributed by atoms with van der Waals surface area (Å²) in [5.74, 6) is 0. The van der Waals surface area contributed by atoms with Crippen LogP contribution in [-0.2, 0) is 0 Å². The number of rotatable bonds is 7. The van der Waals surface area contributed by atoms with Crippen LogP contribution in [0.5, 0.6) is 0 Å². The highest BCUT2D eigenvalue weighted by Gasteiger charge is 2.24. The van der Waals surface area contributed by atoms with Crippen molar-refractivity contribution in [1.29, 1.82) is 0 Å². The molecule has 0 rings (SSSR count). The quantitative estimate of drug-likeness (QED) is 0.518. The van der Waals surface area contributed by atoms with Crippen molar-refractivity contribution in [3.05, 3.63) is 22.8 Å². The second kappa shape index (κ2) is 21.1. The van der Waals surface area contributed by atoms with Gasteiger partial charge in [0.05, 0.1) is 4.24 Å². The van der Waals surface area contributed by atoms with Crippen molar-refractivity contribution in [2.45, 2.75) is 68.4 Å². The van der Waals surface area contributed by atoms with Crippen molar-refractivity contribution < 1.29 is 0 Å².